The molecule has 1 atom stereocenters. The summed E-state index contributed by atoms with van der Waals surface area (Å²) in [6, 6.07) is 10.7. The quantitative estimate of drug-likeness (QED) is 0.859. The van der Waals surface area contributed by atoms with Crippen molar-refractivity contribution in [2.45, 2.75) is 20.0 Å². The van der Waals surface area contributed by atoms with E-state index in [0.717, 1.165) is 16.9 Å². The van der Waals surface area contributed by atoms with Gasteiger partial charge in [-0.1, -0.05) is 17.7 Å². The lowest BCUT2D eigenvalue weighted by molar-refractivity contribution is -0.122. The summed E-state index contributed by atoms with van der Waals surface area (Å²) in [6.45, 7) is 3.65. The minimum absolute atomic E-state index is 0.279. The molecule has 1 unspecified atom stereocenters. The number of ether oxygens (including phenoxy) is 2. The molecule has 2 rings (SSSR count). The van der Waals surface area contributed by atoms with Crippen LogP contribution in [-0.2, 0) is 9.53 Å². The van der Waals surface area contributed by atoms with Gasteiger partial charge in [0, 0.05) is 0 Å². The molecule has 0 saturated carbocycles. The minimum atomic E-state index is -0.647. The zero-order chi connectivity index (χ0) is 16.1. The second-order valence-corrected chi connectivity index (χ2v) is 5.80. The molecular weight excluding hydrogens is 302 g/mol. The monoisotopic (exact) mass is 319 g/mol. The summed E-state index contributed by atoms with van der Waals surface area (Å²) in [4.78, 5) is 23.9. The molecule has 0 aliphatic heterocycles. The maximum absolute atomic E-state index is 12.1. The highest BCUT2D eigenvalue weighted by atomic mass is 32.1. The Morgan fingerprint density at radius 2 is 1.82 bits per heavy atom. The summed E-state index contributed by atoms with van der Waals surface area (Å²) in [5.41, 5.74) is 1.12. The molecule has 1 aromatic heterocycles. The topological polar surface area (TPSA) is 64.6 Å². The number of hydrogen-bond donors (Lipinski definition) is 1. The molecule has 1 amide bonds. The Bertz CT molecular complexity index is 663. The summed E-state index contributed by atoms with van der Waals surface area (Å²) in [6.07, 6.45) is -0.647. The lowest BCUT2D eigenvalue weighted by atomic mass is 10.2. The maximum Gasteiger partial charge on any atom is 0.348 e. The van der Waals surface area contributed by atoms with Gasteiger partial charge < -0.3 is 14.8 Å². The van der Waals surface area contributed by atoms with E-state index in [0.29, 0.717) is 15.6 Å². The van der Waals surface area contributed by atoms with Gasteiger partial charge in [0.15, 0.2) is 6.10 Å². The summed E-state index contributed by atoms with van der Waals surface area (Å²) < 4.78 is 10.2. The molecule has 1 N–H and O–H groups in total. The Labute approximate surface area is 132 Å². The number of carbonyl (C=O) groups excluding carboxylic acids is 2. The molecule has 0 bridgehead atoms. The normalized spacial score (nSPS) is 11.6. The van der Waals surface area contributed by atoms with Crippen molar-refractivity contribution in [3.8, 4) is 5.75 Å². The van der Waals surface area contributed by atoms with E-state index in [-0.39, 0.29) is 5.91 Å². The molecule has 1 aromatic carbocycles. The van der Waals surface area contributed by atoms with E-state index in [9.17, 15) is 9.59 Å². The summed E-state index contributed by atoms with van der Waals surface area (Å²) in [5.74, 6) is -0.0667. The molecule has 2 aromatic rings. The zero-order valence-electron chi connectivity index (χ0n) is 12.6. The average Bonchev–Trinajstić information content (AvgIpc) is 2.97. The molecule has 116 valence electrons. The summed E-state index contributed by atoms with van der Waals surface area (Å²) in [5, 5.41) is 3.29. The number of thiophene rings is 1. The van der Waals surface area contributed by atoms with Crippen LogP contribution in [0.2, 0.25) is 0 Å². The summed E-state index contributed by atoms with van der Waals surface area (Å²) >= 11 is 1.16. The number of esters is 1. The van der Waals surface area contributed by atoms with Crippen molar-refractivity contribution in [3.05, 3.63) is 46.8 Å². The number of methoxy groups -OCH3 is 1. The van der Waals surface area contributed by atoms with Crippen LogP contribution in [0.25, 0.3) is 0 Å². The van der Waals surface area contributed by atoms with Crippen molar-refractivity contribution in [3.63, 3.8) is 0 Å². The number of anilines is 1. The predicted octanol–water partition coefficient (Wildman–Crippen LogP) is 3.25. The van der Waals surface area contributed by atoms with Gasteiger partial charge >= 0.3 is 5.97 Å². The first-order valence-corrected chi connectivity index (χ1v) is 7.53. The zero-order valence-corrected chi connectivity index (χ0v) is 13.4. The second-order valence-electron chi connectivity index (χ2n) is 4.72. The third-order valence-corrected chi connectivity index (χ3v) is 3.92. The van der Waals surface area contributed by atoms with Gasteiger partial charge in [0.2, 0.25) is 0 Å². The lowest BCUT2D eigenvalue weighted by Crippen LogP contribution is -2.29. The number of nitrogens with one attached hydrogen (secondary N) is 1. The highest BCUT2D eigenvalue weighted by molar-refractivity contribution is 7.18. The van der Waals surface area contributed by atoms with Gasteiger partial charge in [0.25, 0.3) is 5.91 Å². The molecular formula is C16H17NO4S. The van der Waals surface area contributed by atoms with Crippen LogP contribution < -0.4 is 10.1 Å². The smallest absolute Gasteiger partial charge is 0.348 e. The Balaban J connectivity index is 1.94. The molecule has 0 fully saturated rings. The maximum atomic E-state index is 12.1. The van der Waals surface area contributed by atoms with Crippen LogP contribution in [0, 0.1) is 6.92 Å². The molecule has 0 saturated heterocycles. The Morgan fingerprint density at radius 1 is 1.14 bits per heavy atom. The Kier molecular flexibility index (Phi) is 5.16. The van der Waals surface area contributed by atoms with Gasteiger partial charge in [0.1, 0.15) is 10.6 Å². The largest absolute Gasteiger partial charge is 0.481 e. The van der Waals surface area contributed by atoms with Crippen LogP contribution >= 0.6 is 11.3 Å². The highest BCUT2D eigenvalue weighted by Crippen LogP contribution is 2.23. The fourth-order valence-electron chi connectivity index (χ4n) is 1.71. The van der Waals surface area contributed by atoms with E-state index >= 15 is 0 Å². The Hall–Kier alpha value is -2.34. The number of aryl methyl sites for hydroxylation is 1. The first-order chi connectivity index (χ1) is 10.5. The number of benzene rings is 1. The molecule has 5 nitrogen and oxygen atoms in total. The van der Waals surface area contributed by atoms with Crippen molar-refractivity contribution in [2.24, 2.45) is 0 Å². The van der Waals surface area contributed by atoms with Crippen LogP contribution in [0.3, 0.4) is 0 Å². The van der Waals surface area contributed by atoms with Crippen LogP contribution in [0.1, 0.15) is 22.2 Å². The van der Waals surface area contributed by atoms with E-state index in [1.807, 2.05) is 31.2 Å². The van der Waals surface area contributed by atoms with Crippen LogP contribution in [0.4, 0.5) is 5.00 Å². The van der Waals surface area contributed by atoms with E-state index in [2.05, 4.69) is 10.1 Å². The van der Waals surface area contributed by atoms with Crippen molar-refractivity contribution in [2.75, 3.05) is 12.4 Å². The van der Waals surface area contributed by atoms with Crippen molar-refractivity contribution in [1.82, 2.24) is 0 Å². The van der Waals surface area contributed by atoms with Crippen molar-refractivity contribution >= 4 is 28.2 Å². The first kappa shape index (κ1) is 16.0. The molecule has 0 aliphatic carbocycles. The van der Waals surface area contributed by atoms with E-state index in [1.165, 1.54) is 7.11 Å². The third kappa shape index (κ3) is 4.08. The van der Waals surface area contributed by atoms with E-state index in [4.69, 9.17) is 4.74 Å². The van der Waals surface area contributed by atoms with Crippen molar-refractivity contribution < 1.29 is 19.1 Å². The van der Waals surface area contributed by atoms with E-state index in [1.54, 1.807) is 19.1 Å². The molecule has 1 heterocycles. The number of amides is 1. The van der Waals surface area contributed by atoms with Crippen LogP contribution in [-0.4, -0.2) is 25.1 Å². The Morgan fingerprint density at radius 3 is 2.45 bits per heavy atom. The number of carbonyl (C=O) groups is 2. The average molecular weight is 319 g/mol. The minimum Gasteiger partial charge on any atom is -0.481 e. The second kappa shape index (κ2) is 7.09. The SMILES string of the molecule is COC(=O)c1ccc(NC(=O)C(C)Oc2ccc(C)cc2)s1. The van der Waals surface area contributed by atoms with Gasteiger partial charge in [-0.15, -0.1) is 11.3 Å². The molecule has 0 aliphatic rings. The fraction of sp³-hybridized carbons (Fsp3) is 0.250. The highest BCUT2D eigenvalue weighted by Gasteiger charge is 2.17. The molecule has 0 radical (unpaired) electrons. The van der Waals surface area contributed by atoms with Gasteiger partial charge in [0.05, 0.1) is 12.1 Å². The lowest BCUT2D eigenvalue weighted by Gasteiger charge is -2.14. The van der Waals surface area contributed by atoms with Gasteiger partial charge in [-0.3, -0.25) is 4.79 Å². The third-order valence-electron chi connectivity index (χ3n) is 2.94. The van der Waals surface area contributed by atoms with Crippen LogP contribution in [0.15, 0.2) is 36.4 Å². The molecule has 6 heteroatoms. The van der Waals surface area contributed by atoms with Crippen LogP contribution in [0.5, 0.6) is 5.75 Å². The predicted molar refractivity (Wildman–Crippen MR) is 85.6 cm³/mol. The first-order valence-electron chi connectivity index (χ1n) is 6.72. The van der Waals surface area contributed by atoms with Gasteiger partial charge in [-0.25, -0.2) is 4.79 Å². The summed E-state index contributed by atoms with van der Waals surface area (Å²) in [7, 11) is 1.32. The van der Waals surface area contributed by atoms with Gasteiger partial charge in [-0.2, -0.15) is 0 Å². The van der Waals surface area contributed by atoms with Gasteiger partial charge in [-0.05, 0) is 38.1 Å². The number of rotatable bonds is 5. The fourth-order valence-corrected chi connectivity index (χ4v) is 2.54. The standard InChI is InChI=1S/C16H17NO4S/c1-10-4-6-12(7-5-10)21-11(2)15(18)17-14-9-8-13(22-14)16(19)20-3/h4-9,11H,1-3H3,(H,17,18). The molecule has 0 spiro atoms. The van der Waals surface area contributed by atoms with E-state index < -0.39 is 12.1 Å². The number of hydrogen-bond acceptors (Lipinski definition) is 5. The molecule has 22 heavy (non-hydrogen) atoms. The van der Waals surface area contributed by atoms with Crippen molar-refractivity contribution in [1.29, 1.82) is 0 Å².